The number of hydrogen-bond acceptors (Lipinski definition) is 3. The summed E-state index contributed by atoms with van der Waals surface area (Å²) >= 11 is 1.64. The smallest absolute Gasteiger partial charge is 0.159 e. The molecule has 0 saturated carbocycles. The van der Waals surface area contributed by atoms with E-state index in [9.17, 15) is 8.78 Å². The van der Waals surface area contributed by atoms with Crippen molar-refractivity contribution in [1.82, 2.24) is 5.43 Å². The van der Waals surface area contributed by atoms with Gasteiger partial charge in [-0.25, -0.2) is 8.78 Å². The van der Waals surface area contributed by atoms with Gasteiger partial charge in [-0.2, -0.15) is 0 Å². The van der Waals surface area contributed by atoms with Crippen LogP contribution in [0, 0.1) is 11.6 Å². The molecular formula is C16H14F2N2S. The second-order valence-electron chi connectivity index (χ2n) is 4.86. The van der Waals surface area contributed by atoms with Gasteiger partial charge in [-0.1, -0.05) is 24.3 Å². The van der Waals surface area contributed by atoms with Gasteiger partial charge in [0.1, 0.15) is 0 Å². The number of hydrogen-bond donors (Lipinski definition) is 2. The van der Waals surface area contributed by atoms with Crippen molar-refractivity contribution >= 4 is 21.4 Å². The Balaban J connectivity index is 1.93. The second-order valence-corrected chi connectivity index (χ2v) is 5.77. The average molecular weight is 304 g/mol. The van der Waals surface area contributed by atoms with E-state index in [0.29, 0.717) is 12.0 Å². The highest BCUT2D eigenvalue weighted by molar-refractivity contribution is 7.17. The van der Waals surface area contributed by atoms with E-state index in [0.717, 1.165) is 17.0 Å². The molecule has 3 N–H and O–H groups in total. The van der Waals surface area contributed by atoms with Crippen LogP contribution in [0.15, 0.2) is 47.8 Å². The van der Waals surface area contributed by atoms with Crippen LogP contribution in [0.1, 0.15) is 17.2 Å². The van der Waals surface area contributed by atoms with Crippen molar-refractivity contribution in [1.29, 1.82) is 0 Å². The van der Waals surface area contributed by atoms with Gasteiger partial charge < -0.3 is 0 Å². The normalized spacial score (nSPS) is 12.7. The molecule has 0 amide bonds. The monoisotopic (exact) mass is 304 g/mol. The fourth-order valence-electron chi connectivity index (χ4n) is 2.43. The Morgan fingerprint density at radius 3 is 2.67 bits per heavy atom. The summed E-state index contributed by atoms with van der Waals surface area (Å²) in [6, 6.07) is 11.8. The van der Waals surface area contributed by atoms with Crippen LogP contribution < -0.4 is 11.3 Å². The Morgan fingerprint density at radius 1 is 1.10 bits per heavy atom. The lowest BCUT2D eigenvalue weighted by Gasteiger charge is -2.16. The summed E-state index contributed by atoms with van der Waals surface area (Å²) in [6.45, 7) is 0. The summed E-state index contributed by atoms with van der Waals surface area (Å²) in [5, 5.41) is 3.18. The number of thiophene rings is 1. The molecule has 3 rings (SSSR count). The quantitative estimate of drug-likeness (QED) is 0.566. The zero-order valence-corrected chi connectivity index (χ0v) is 12.0. The van der Waals surface area contributed by atoms with Gasteiger partial charge in [-0.15, -0.1) is 11.3 Å². The molecule has 1 unspecified atom stereocenters. The first kappa shape index (κ1) is 14.1. The Morgan fingerprint density at radius 2 is 1.90 bits per heavy atom. The summed E-state index contributed by atoms with van der Waals surface area (Å²) in [6.07, 6.45) is 0.494. The van der Waals surface area contributed by atoms with Crippen molar-refractivity contribution in [3.05, 3.63) is 70.6 Å². The molecule has 0 radical (unpaired) electrons. The van der Waals surface area contributed by atoms with E-state index in [1.54, 1.807) is 17.4 Å². The van der Waals surface area contributed by atoms with Crippen LogP contribution in [-0.4, -0.2) is 0 Å². The number of benzene rings is 2. The number of rotatable bonds is 4. The van der Waals surface area contributed by atoms with Gasteiger partial charge in [-0.3, -0.25) is 11.3 Å². The van der Waals surface area contributed by atoms with Crippen molar-refractivity contribution in [2.75, 3.05) is 0 Å². The van der Waals surface area contributed by atoms with Gasteiger partial charge in [0, 0.05) is 4.70 Å². The second kappa shape index (κ2) is 5.89. The minimum absolute atomic E-state index is 0.147. The Kier molecular flexibility index (Phi) is 3.96. The third kappa shape index (κ3) is 2.81. The molecule has 108 valence electrons. The molecule has 1 atom stereocenters. The van der Waals surface area contributed by atoms with Crippen LogP contribution >= 0.6 is 11.3 Å². The zero-order valence-electron chi connectivity index (χ0n) is 11.1. The maximum absolute atomic E-state index is 13.3. The molecule has 21 heavy (non-hydrogen) atoms. The molecule has 0 spiro atoms. The Hall–Kier alpha value is -1.82. The molecule has 1 aromatic heterocycles. The molecule has 2 aromatic carbocycles. The highest BCUT2D eigenvalue weighted by Crippen LogP contribution is 2.31. The number of nitrogens with two attached hydrogens (primary N) is 1. The zero-order chi connectivity index (χ0) is 14.8. The maximum Gasteiger partial charge on any atom is 0.159 e. The lowest BCUT2D eigenvalue weighted by Crippen LogP contribution is -2.29. The molecule has 0 aliphatic carbocycles. The summed E-state index contributed by atoms with van der Waals surface area (Å²) in [4.78, 5) is 0. The van der Waals surface area contributed by atoms with E-state index >= 15 is 0 Å². The van der Waals surface area contributed by atoms with Crippen LogP contribution in [0.3, 0.4) is 0 Å². The van der Waals surface area contributed by atoms with Crippen molar-refractivity contribution in [2.45, 2.75) is 12.5 Å². The molecule has 3 aromatic rings. The number of hydrazine groups is 1. The molecule has 1 heterocycles. The van der Waals surface area contributed by atoms with Gasteiger partial charge >= 0.3 is 0 Å². The fraction of sp³-hybridized carbons (Fsp3) is 0.125. The minimum atomic E-state index is -0.836. The highest BCUT2D eigenvalue weighted by Gasteiger charge is 2.16. The largest absolute Gasteiger partial charge is 0.271 e. The lowest BCUT2D eigenvalue weighted by molar-refractivity contribution is 0.503. The topological polar surface area (TPSA) is 38.0 Å². The van der Waals surface area contributed by atoms with E-state index in [1.165, 1.54) is 10.8 Å². The Bertz CT molecular complexity index is 770. The highest BCUT2D eigenvalue weighted by atomic mass is 32.1. The van der Waals surface area contributed by atoms with Crippen LogP contribution in [-0.2, 0) is 6.42 Å². The molecule has 0 fully saturated rings. The number of halogens is 2. The Labute approximate surface area is 125 Å². The van der Waals surface area contributed by atoms with Gasteiger partial charge in [0.2, 0.25) is 0 Å². The molecule has 0 aliphatic heterocycles. The predicted octanol–water partition coefficient (Wildman–Crippen LogP) is 3.93. The molecule has 0 aliphatic rings. The van der Waals surface area contributed by atoms with E-state index in [2.05, 4.69) is 16.9 Å². The first-order valence-corrected chi connectivity index (χ1v) is 7.43. The first-order chi connectivity index (χ1) is 10.2. The molecule has 0 saturated heterocycles. The van der Waals surface area contributed by atoms with Gasteiger partial charge in [0.25, 0.3) is 0 Å². The van der Waals surface area contributed by atoms with Crippen LogP contribution in [0.25, 0.3) is 10.1 Å². The predicted molar refractivity (Wildman–Crippen MR) is 82.0 cm³/mol. The summed E-state index contributed by atoms with van der Waals surface area (Å²) in [7, 11) is 0. The summed E-state index contributed by atoms with van der Waals surface area (Å²) in [5.74, 6) is 3.99. The SMILES string of the molecule is NNC(Cc1ccc(F)c(F)c1)c1csc2ccccc12. The fourth-order valence-corrected chi connectivity index (χ4v) is 3.44. The summed E-state index contributed by atoms with van der Waals surface area (Å²) < 4.78 is 27.5. The van der Waals surface area contributed by atoms with Crippen LogP contribution in [0.4, 0.5) is 8.78 Å². The van der Waals surface area contributed by atoms with E-state index in [1.807, 2.05) is 18.2 Å². The molecule has 0 bridgehead atoms. The van der Waals surface area contributed by atoms with Crippen molar-refractivity contribution < 1.29 is 8.78 Å². The van der Waals surface area contributed by atoms with Gasteiger partial charge in [0.05, 0.1) is 6.04 Å². The molecule has 5 heteroatoms. The van der Waals surface area contributed by atoms with Crippen LogP contribution in [0.5, 0.6) is 0 Å². The standard InChI is InChI=1S/C16H14F2N2S/c17-13-6-5-10(7-14(13)18)8-15(20-19)12-9-21-16-4-2-1-3-11(12)16/h1-7,9,15,20H,8,19H2. The van der Waals surface area contributed by atoms with E-state index in [4.69, 9.17) is 5.84 Å². The van der Waals surface area contributed by atoms with E-state index < -0.39 is 11.6 Å². The molecule has 2 nitrogen and oxygen atoms in total. The van der Waals surface area contributed by atoms with Gasteiger partial charge in [-0.05, 0) is 46.5 Å². The van der Waals surface area contributed by atoms with Crippen LogP contribution in [0.2, 0.25) is 0 Å². The van der Waals surface area contributed by atoms with Crippen molar-refractivity contribution in [2.24, 2.45) is 5.84 Å². The first-order valence-electron chi connectivity index (χ1n) is 6.55. The van der Waals surface area contributed by atoms with Gasteiger partial charge in [0.15, 0.2) is 11.6 Å². The minimum Gasteiger partial charge on any atom is -0.271 e. The third-order valence-corrected chi connectivity index (χ3v) is 4.49. The lowest BCUT2D eigenvalue weighted by atomic mass is 9.99. The van der Waals surface area contributed by atoms with E-state index in [-0.39, 0.29) is 6.04 Å². The average Bonchev–Trinajstić information content (AvgIpc) is 2.92. The molecular weight excluding hydrogens is 290 g/mol. The number of fused-ring (bicyclic) bond motifs is 1. The van der Waals surface area contributed by atoms with Crippen molar-refractivity contribution in [3.63, 3.8) is 0 Å². The van der Waals surface area contributed by atoms with Crippen molar-refractivity contribution in [3.8, 4) is 0 Å². The third-order valence-electron chi connectivity index (χ3n) is 3.51. The number of nitrogens with one attached hydrogen (secondary N) is 1. The maximum atomic E-state index is 13.3. The summed E-state index contributed by atoms with van der Waals surface area (Å²) in [5.41, 5.74) is 4.54.